The van der Waals surface area contributed by atoms with Crippen molar-refractivity contribution < 1.29 is 4.74 Å². The molecule has 0 saturated carbocycles. The van der Waals surface area contributed by atoms with Crippen molar-refractivity contribution in [3.63, 3.8) is 0 Å². The Morgan fingerprint density at radius 1 is 1.26 bits per heavy atom. The number of hydrogen-bond donors (Lipinski definition) is 1. The zero-order valence-electron chi connectivity index (χ0n) is 10.2. The zero-order valence-corrected chi connectivity index (χ0v) is 12.6. The quantitative estimate of drug-likeness (QED) is 0.710. The fraction of sp³-hybridized carbons (Fsp3) is 0.0714. The van der Waals surface area contributed by atoms with Crippen LogP contribution >= 0.6 is 27.3 Å². The Hall–Kier alpha value is -1.59. The van der Waals surface area contributed by atoms with Crippen LogP contribution < -0.4 is 10.5 Å². The highest BCUT2D eigenvalue weighted by molar-refractivity contribution is 9.10. The third kappa shape index (κ3) is 2.19. The predicted octanol–water partition coefficient (Wildman–Crippen LogP) is 4.32. The van der Waals surface area contributed by atoms with Crippen molar-refractivity contribution in [3.8, 4) is 16.3 Å². The van der Waals surface area contributed by atoms with E-state index in [1.165, 1.54) is 4.70 Å². The number of fused-ring (bicyclic) bond motifs is 1. The Kier molecular flexibility index (Phi) is 3.16. The maximum Gasteiger partial charge on any atom is 0.155 e. The number of nitrogens with zero attached hydrogens (tertiary/aromatic N) is 1. The van der Waals surface area contributed by atoms with Crippen molar-refractivity contribution in [3.05, 3.63) is 40.9 Å². The van der Waals surface area contributed by atoms with Gasteiger partial charge in [0.05, 0.1) is 27.5 Å². The number of anilines is 1. The number of rotatable bonds is 2. The monoisotopic (exact) mass is 334 g/mol. The minimum atomic E-state index is 0.603. The summed E-state index contributed by atoms with van der Waals surface area (Å²) in [6, 6.07) is 12.0. The lowest BCUT2D eigenvalue weighted by Gasteiger charge is -2.08. The third-order valence-corrected chi connectivity index (χ3v) is 4.49. The van der Waals surface area contributed by atoms with Crippen molar-refractivity contribution in [2.45, 2.75) is 0 Å². The molecule has 3 aromatic rings. The van der Waals surface area contributed by atoms with Crippen LogP contribution in [0.2, 0.25) is 0 Å². The molecule has 1 heterocycles. The fourth-order valence-corrected chi connectivity index (χ4v) is 3.54. The van der Waals surface area contributed by atoms with E-state index in [-0.39, 0.29) is 0 Å². The van der Waals surface area contributed by atoms with Crippen molar-refractivity contribution in [1.29, 1.82) is 0 Å². The van der Waals surface area contributed by atoms with Gasteiger partial charge in [-0.2, -0.15) is 0 Å². The summed E-state index contributed by atoms with van der Waals surface area (Å²) >= 11 is 5.12. The number of aromatic nitrogens is 1. The largest absolute Gasteiger partial charge is 0.493 e. The molecule has 0 unspecified atom stereocenters. The van der Waals surface area contributed by atoms with Crippen LogP contribution in [-0.4, -0.2) is 12.1 Å². The van der Waals surface area contributed by atoms with E-state index in [0.29, 0.717) is 11.4 Å². The lowest BCUT2D eigenvalue weighted by Crippen LogP contribution is -1.94. The zero-order chi connectivity index (χ0) is 13.4. The molecule has 0 aliphatic carbocycles. The molecule has 96 valence electrons. The molecule has 2 N–H and O–H groups in total. The number of para-hydroxylation sites is 1. The second-order valence-electron chi connectivity index (χ2n) is 4.07. The number of thiazole rings is 1. The molecule has 0 aliphatic heterocycles. The molecule has 0 aliphatic rings. The third-order valence-electron chi connectivity index (χ3n) is 2.82. The molecule has 2 aromatic carbocycles. The van der Waals surface area contributed by atoms with Crippen molar-refractivity contribution in [2.75, 3.05) is 12.8 Å². The van der Waals surface area contributed by atoms with E-state index in [1.807, 2.05) is 30.3 Å². The normalized spacial score (nSPS) is 10.8. The van der Waals surface area contributed by atoms with Crippen molar-refractivity contribution >= 4 is 43.2 Å². The number of nitrogens with two attached hydrogens (primary N) is 1. The summed E-state index contributed by atoms with van der Waals surface area (Å²) in [5.41, 5.74) is 8.59. The molecule has 0 atom stereocenters. The van der Waals surface area contributed by atoms with Crippen LogP contribution in [0.5, 0.6) is 5.75 Å². The second kappa shape index (κ2) is 4.83. The van der Waals surface area contributed by atoms with Crippen LogP contribution in [0.4, 0.5) is 5.69 Å². The molecule has 3 nitrogen and oxygen atoms in total. The van der Waals surface area contributed by atoms with Crippen LogP contribution in [0, 0.1) is 0 Å². The first kappa shape index (κ1) is 12.4. The van der Waals surface area contributed by atoms with E-state index < -0.39 is 0 Å². The summed E-state index contributed by atoms with van der Waals surface area (Å²) < 4.78 is 7.24. The van der Waals surface area contributed by atoms with E-state index >= 15 is 0 Å². The minimum absolute atomic E-state index is 0.603. The molecule has 0 radical (unpaired) electrons. The van der Waals surface area contributed by atoms with Crippen LogP contribution in [0.1, 0.15) is 0 Å². The highest BCUT2D eigenvalue weighted by Crippen LogP contribution is 2.38. The molecule has 0 amide bonds. The first-order valence-corrected chi connectivity index (χ1v) is 7.29. The Morgan fingerprint density at radius 3 is 2.74 bits per heavy atom. The molecule has 0 fully saturated rings. The first-order chi connectivity index (χ1) is 9.19. The van der Waals surface area contributed by atoms with Gasteiger partial charge in [-0.05, 0) is 40.2 Å². The Bertz CT molecular complexity index is 698. The topological polar surface area (TPSA) is 48.1 Å². The molecule has 0 bridgehead atoms. The van der Waals surface area contributed by atoms with E-state index in [1.54, 1.807) is 18.4 Å². The van der Waals surface area contributed by atoms with Gasteiger partial charge in [0.1, 0.15) is 5.01 Å². The van der Waals surface area contributed by atoms with Crippen molar-refractivity contribution in [2.24, 2.45) is 0 Å². The Labute approximate surface area is 123 Å². The molecule has 0 saturated heterocycles. The van der Waals surface area contributed by atoms with Gasteiger partial charge < -0.3 is 10.5 Å². The summed E-state index contributed by atoms with van der Waals surface area (Å²) in [5, 5.41) is 0.955. The van der Waals surface area contributed by atoms with Gasteiger partial charge in [0.2, 0.25) is 0 Å². The van der Waals surface area contributed by atoms with Crippen LogP contribution in [0.15, 0.2) is 40.9 Å². The van der Waals surface area contributed by atoms with Gasteiger partial charge in [-0.1, -0.05) is 12.1 Å². The number of nitrogen functional groups attached to an aromatic ring is 1. The SMILES string of the molecule is COc1c(N)cc(-c2nc3ccccc3s2)cc1Br. The highest BCUT2D eigenvalue weighted by atomic mass is 79.9. The van der Waals surface area contributed by atoms with Crippen molar-refractivity contribution in [1.82, 2.24) is 4.98 Å². The number of ether oxygens (including phenoxy) is 1. The Balaban J connectivity index is 2.16. The molecular formula is C14H11BrN2OS. The summed E-state index contributed by atoms with van der Waals surface area (Å²) in [6.45, 7) is 0. The standard InChI is InChI=1S/C14H11BrN2OS/c1-18-13-9(15)6-8(7-10(13)16)14-17-11-4-2-3-5-12(11)19-14/h2-7H,16H2,1H3. The van der Waals surface area contributed by atoms with Crippen LogP contribution in [0.3, 0.4) is 0 Å². The molecular weight excluding hydrogens is 324 g/mol. The smallest absolute Gasteiger partial charge is 0.155 e. The summed E-state index contributed by atoms with van der Waals surface area (Å²) in [6.07, 6.45) is 0. The first-order valence-electron chi connectivity index (χ1n) is 5.68. The highest BCUT2D eigenvalue weighted by Gasteiger charge is 2.11. The average Bonchev–Trinajstić information content (AvgIpc) is 2.82. The molecule has 1 aromatic heterocycles. The lowest BCUT2D eigenvalue weighted by molar-refractivity contribution is 0.414. The molecule has 0 spiro atoms. The van der Waals surface area contributed by atoms with Gasteiger partial charge in [0.15, 0.2) is 5.75 Å². The fourth-order valence-electron chi connectivity index (χ4n) is 1.95. The maximum absolute atomic E-state index is 5.99. The minimum Gasteiger partial charge on any atom is -0.493 e. The molecule has 3 rings (SSSR count). The van der Waals surface area contributed by atoms with Gasteiger partial charge >= 0.3 is 0 Å². The van der Waals surface area contributed by atoms with E-state index in [9.17, 15) is 0 Å². The second-order valence-corrected chi connectivity index (χ2v) is 5.95. The van der Waals surface area contributed by atoms with E-state index in [0.717, 1.165) is 20.6 Å². The van der Waals surface area contributed by atoms with Gasteiger partial charge in [-0.25, -0.2) is 4.98 Å². The van der Waals surface area contributed by atoms with Gasteiger partial charge in [0.25, 0.3) is 0 Å². The lowest BCUT2D eigenvalue weighted by atomic mass is 10.2. The maximum atomic E-state index is 5.99. The summed E-state index contributed by atoms with van der Waals surface area (Å²) in [7, 11) is 1.60. The van der Waals surface area contributed by atoms with E-state index in [2.05, 4.69) is 27.0 Å². The van der Waals surface area contributed by atoms with Gasteiger partial charge in [-0.15, -0.1) is 11.3 Å². The summed E-state index contributed by atoms with van der Waals surface area (Å²) in [4.78, 5) is 4.62. The number of methoxy groups -OCH3 is 1. The number of hydrogen-bond acceptors (Lipinski definition) is 4. The van der Waals surface area contributed by atoms with Gasteiger partial charge in [0, 0.05) is 5.56 Å². The predicted molar refractivity (Wildman–Crippen MR) is 83.7 cm³/mol. The molecule has 19 heavy (non-hydrogen) atoms. The molecule has 5 heteroatoms. The summed E-state index contributed by atoms with van der Waals surface area (Å²) in [5.74, 6) is 0.657. The van der Waals surface area contributed by atoms with Crippen LogP contribution in [-0.2, 0) is 0 Å². The Morgan fingerprint density at radius 2 is 2.05 bits per heavy atom. The van der Waals surface area contributed by atoms with Crippen LogP contribution in [0.25, 0.3) is 20.8 Å². The van der Waals surface area contributed by atoms with Gasteiger partial charge in [-0.3, -0.25) is 0 Å². The number of benzene rings is 2. The van der Waals surface area contributed by atoms with E-state index in [4.69, 9.17) is 10.5 Å². The number of halogens is 1. The average molecular weight is 335 g/mol.